The van der Waals surface area contributed by atoms with Crippen LogP contribution in [-0.4, -0.2) is 31.2 Å². The molecule has 0 bridgehead atoms. The molecule has 0 fully saturated rings. The van der Waals surface area contributed by atoms with E-state index in [1.165, 1.54) is 4.68 Å². The smallest absolute Gasteiger partial charge is 0.333 e. The van der Waals surface area contributed by atoms with Gasteiger partial charge in [-0.1, -0.05) is 30.3 Å². The van der Waals surface area contributed by atoms with Crippen molar-refractivity contribution in [2.24, 2.45) is 7.05 Å². The maximum atomic E-state index is 11.1. The van der Waals surface area contributed by atoms with Crippen LogP contribution in [0.1, 0.15) is 11.5 Å². The summed E-state index contributed by atoms with van der Waals surface area (Å²) in [6.07, 6.45) is 2.41. The average Bonchev–Trinajstić information content (AvgIpc) is 3.13. The van der Waals surface area contributed by atoms with Crippen LogP contribution in [0, 0.1) is 17.0 Å². The molecular weight excluding hydrogens is 308 g/mol. The first-order valence-electron chi connectivity index (χ1n) is 7.57. The van der Waals surface area contributed by atoms with Gasteiger partial charge in [0.15, 0.2) is 0 Å². The molecular formula is C16H18N6O2. The number of H-pyrrole nitrogens is 1. The molecule has 0 aliphatic heterocycles. The highest BCUT2D eigenvalue weighted by molar-refractivity contribution is 5.60. The van der Waals surface area contributed by atoms with Gasteiger partial charge in [-0.05, 0) is 12.5 Å². The van der Waals surface area contributed by atoms with Gasteiger partial charge in [-0.3, -0.25) is 10.1 Å². The lowest BCUT2D eigenvalue weighted by Crippen LogP contribution is -2.10. The largest absolute Gasteiger partial charge is 0.364 e. The number of benzene rings is 1. The molecule has 0 saturated heterocycles. The van der Waals surface area contributed by atoms with Crippen LogP contribution < -0.4 is 5.32 Å². The summed E-state index contributed by atoms with van der Waals surface area (Å²) in [4.78, 5) is 18.4. The molecule has 0 aliphatic rings. The molecule has 0 amide bonds. The van der Waals surface area contributed by atoms with Crippen molar-refractivity contribution in [2.75, 3.05) is 11.9 Å². The van der Waals surface area contributed by atoms with E-state index in [1.807, 2.05) is 30.3 Å². The van der Waals surface area contributed by atoms with E-state index in [2.05, 4.69) is 20.4 Å². The summed E-state index contributed by atoms with van der Waals surface area (Å²) < 4.78 is 1.49. The molecule has 24 heavy (non-hydrogen) atoms. The molecule has 8 heteroatoms. The van der Waals surface area contributed by atoms with Crippen molar-refractivity contribution in [3.8, 4) is 11.3 Å². The molecule has 0 atom stereocenters. The van der Waals surface area contributed by atoms with Gasteiger partial charge in [-0.2, -0.15) is 5.10 Å². The minimum Gasteiger partial charge on any atom is -0.364 e. The van der Waals surface area contributed by atoms with E-state index in [9.17, 15) is 10.1 Å². The Kier molecular flexibility index (Phi) is 4.28. The monoisotopic (exact) mass is 326 g/mol. The SMILES string of the molecule is Cc1nn(C)c(NCCc2ncc(-c3ccccc3)[nH]2)c1[N+](=O)[O-]. The summed E-state index contributed by atoms with van der Waals surface area (Å²) in [6.45, 7) is 2.14. The quantitative estimate of drug-likeness (QED) is 0.535. The zero-order chi connectivity index (χ0) is 17.1. The van der Waals surface area contributed by atoms with E-state index < -0.39 is 4.92 Å². The molecule has 0 saturated carbocycles. The average molecular weight is 326 g/mol. The number of hydrogen-bond acceptors (Lipinski definition) is 5. The van der Waals surface area contributed by atoms with Crippen molar-refractivity contribution in [3.05, 3.63) is 58.2 Å². The van der Waals surface area contributed by atoms with Crippen LogP contribution >= 0.6 is 0 Å². The maximum Gasteiger partial charge on any atom is 0.333 e. The predicted molar refractivity (Wildman–Crippen MR) is 90.8 cm³/mol. The fourth-order valence-corrected chi connectivity index (χ4v) is 2.62. The Balaban J connectivity index is 1.66. The number of nitro groups is 1. The van der Waals surface area contributed by atoms with Gasteiger partial charge in [0.1, 0.15) is 11.5 Å². The molecule has 0 aliphatic carbocycles. The number of rotatable bonds is 6. The molecule has 124 valence electrons. The van der Waals surface area contributed by atoms with Crippen molar-refractivity contribution in [3.63, 3.8) is 0 Å². The van der Waals surface area contributed by atoms with Crippen LogP contribution in [0.15, 0.2) is 36.5 Å². The minimum absolute atomic E-state index is 0.0157. The molecule has 0 spiro atoms. The summed E-state index contributed by atoms with van der Waals surface area (Å²) in [5.41, 5.74) is 2.44. The Hall–Kier alpha value is -3.16. The van der Waals surface area contributed by atoms with E-state index in [4.69, 9.17) is 0 Å². The number of aromatic nitrogens is 4. The highest BCUT2D eigenvalue weighted by atomic mass is 16.6. The number of nitrogens with one attached hydrogen (secondary N) is 2. The third kappa shape index (κ3) is 3.12. The van der Waals surface area contributed by atoms with Crippen molar-refractivity contribution in [2.45, 2.75) is 13.3 Å². The van der Waals surface area contributed by atoms with Crippen LogP contribution in [0.4, 0.5) is 11.5 Å². The second-order valence-corrected chi connectivity index (χ2v) is 5.45. The van der Waals surface area contributed by atoms with Gasteiger partial charge in [0.05, 0.1) is 16.8 Å². The number of anilines is 1. The lowest BCUT2D eigenvalue weighted by Gasteiger charge is -2.04. The van der Waals surface area contributed by atoms with Gasteiger partial charge >= 0.3 is 5.69 Å². The fourth-order valence-electron chi connectivity index (χ4n) is 2.62. The van der Waals surface area contributed by atoms with Crippen molar-refractivity contribution in [1.82, 2.24) is 19.7 Å². The molecule has 3 aromatic rings. The maximum absolute atomic E-state index is 11.1. The summed E-state index contributed by atoms with van der Waals surface area (Å²) >= 11 is 0. The first-order valence-corrected chi connectivity index (χ1v) is 7.57. The zero-order valence-corrected chi connectivity index (χ0v) is 13.5. The number of hydrogen-bond donors (Lipinski definition) is 2. The van der Waals surface area contributed by atoms with Gasteiger partial charge in [0, 0.05) is 20.0 Å². The van der Waals surface area contributed by atoms with Crippen LogP contribution in [0.5, 0.6) is 0 Å². The summed E-state index contributed by atoms with van der Waals surface area (Å²) in [7, 11) is 1.68. The Labute approximate surface area is 138 Å². The van der Waals surface area contributed by atoms with Crippen molar-refractivity contribution >= 4 is 11.5 Å². The van der Waals surface area contributed by atoms with Crippen LogP contribution in [-0.2, 0) is 13.5 Å². The second-order valence-electron chi connectivity index (χ2n) is 5.45. The summed E-state index contributed by atoms with van der Waals surface area (Å²) in [5, 5.41) is 18.3. The van der Waals surface area contributed by atoms with Gasteiger partial charge < -0.3 is 10.3 Å². The van der Waals surface area contributed by atoms with Gasteiger partial charge in [0.2, 0.25) is 5.82 Å². The van der Waals surface area contributed by atoms with E-state index >= 15 is 0 Å². The molecule has 2 heterocycles. The summed E-state index contributed by atoms with van der Waals surface area (Å²) in [5.74, 6) is 1.23. The highest BCUT2D eigenvalue weighted by Crippen LogP contribution is 2.27. The van der Waals surface area contributed by atoms with E-state index in [0.29, 0.717) is 24.5 Å². The van der Waals surface area contributed by atoms with Crippen LogP contribution in [0.2, 0.25) is 0 Å². The second kappa shape index (κ2) is 6.53. The topological polar surface area (TPSA) is 102 Å². The van der Waals surface area contributed by atoms with Gasteiger partial charge in [-0.25, -0.2) is 9.67 Å². The normalized spacial score (nSPS) is 10.8. The lowest BCUT2D eigenvalue weighted by atomic mass is 10.2. The number of aromatic amines is 1. The van der Waals surface area contributed by atoms with E-state index in [1.54, 1.807) is 20.2 Å². The molecule has 3 rings (SSSR count). The molecule has 2 aromatic heterocycles. The molecule has 8 nitrogen and oxygen atoms in total. The number of imidazole rings is 1. The molecule has 0 unspecified atom stereocenters. The first-order chi connectivity index (χ1) is 11.6. The molecule has 2 N–H and O–H groups in total. The fraction of sp³-hybridized carbons (Fsp3) is 0.250. The zero-order valence-electron chi connectivity index (χ0n) is 13.5. The summed E-state index contributed by atoms with van der Waals surface area (Å²) in [6, 6.07) is 9.94. The number of aryl methyl sites for hydroxylation is 2. The minimum atomic E-state index is -0.412. The Bertz CT molecular complexity index is 853. The Morgan fingerprint density at radius 1 is 1.33 bits per heavy atom. The first kappa shape index (κ1) is 15.7. The van der Waals surface area contributed by atoms with Crippen molar-refractivity contribution in [1.29, 1.82) is 0 Å². The third-order valence-corrected chi connectivity index (χ3v) is 3.74. The molecule has 0 radical (unpaired) electrons. The Morgan fingerprint density at radius 3 is 2.79 bits per heavy atom. The number of nitrogens with zero attached hydrogens (tertiary/aromatic N) is 4. The van der Waals surface area contributed by atoms with E-state index in [-0.39, 0.29) is 5.69 Å². The van der Waals surface area contributed by atoms with Crippen LogP contribution in [0.3, 0.4) is 0 Å². The Morgan fingerprint density at radius 2 is 2.08 bits per heavy atom. The van der Waals surface area contributed by atoms with E-state index in [0.717, 1.165) is 17.1 Å². The van der Waals surface area contributed by atoms with Gasteiger partial charge in [-0.15, -0.1) is 0 Å². The van der Waals surface area contributed by atoms with Gasteiger partial charge in [0.25, 0.3) is 0 Å². The molecule has 1 aromatic carbocycles. The highest BCUT2D eigenvalue weighted by Gasteiger charge is 2.23. The predicted octanol–water partition coefficient (Wildman–Crippen LogP) is 2.68. The third-order valence-electron chi connectivity index (χ3n) is 3.74. The standard InChI is InChI=1S/C16H18N6O2/c1-11-15(22(23)24)16(21(2)20-11)17-9-8-14-18-10-13(19-14)12-6-4-3-5-7-12/h3-7,10,17H,8-9H2,1-2H3,(H,18,19). The lowest BCUT2D eigenvalue weighted by molar-refractivity contribution is -0.384. The van der Waals surface area contributed by atoms with Crippen LogP contribution in [0.25, 0.3) is 11.3 Å². The van der Waals surface area contributed by atoms with Crippen molar-refractivity contribution < 1.29 is 4.92 Å².